The second-order valence-corrected chi connectivity index (χ2v) is 9.39. The zero-order valence-electron chi connectivity index (χ0n) is 21.6. The summed E-state index contributed by atoms with van der Waals surface area (Å²) in [5.74, 6) is 0.917. The smallest absolute Gasteiger partial charge is 0.289 e. The van der Waals surface area contributed by atoms with Gasteiger partial charge in [0, 0.05) is 54.6 Å². The Balaban J connectivity index is 1.14. The van der Waals surface area contributed by atoms with Crippen LogP contribution in [-0.2, 0) is 0 Å². The van der Waals surface area contributed by atoms with E-state index in [4.69, 9.17) is 26.1 Å². The molecule has 2 heterocycles. The molecule has 1 aliphatic heterocycles. The number of anilines is 2. The molecule has 1 aliphatic rings. The zero-order chi connectivity index (χ0) is 27.4. The fourth-order valence-electron chi connectivity index (χ4n) is 4.44. The number of methoxy groups -OCH3 is 2. The first-order valence-corrected chi connectivity index (χ1v) is 12.8. The van der Waals surface area contributed by atoms with Crippen molar-refractivity contribution >= 4 is 51.5 Å². The summed E-state index contributed by atoms with van der Waals surface area (Å²) in [6.07, 6.45) is 0. The molecule has 0 atom stereocenters. The van der Waals surface area contributed by atoms with Gasteiger partial charge < -0.3 is 29.0 Å². The monoisotopic (exact) mass is 544 g/mol. The number of para-hydroxylation sites is 1. The Kier molecular flexibility index (Phi) is 7.64. The number of furan rings is 1. The van der Waals surface area contributed by atoms with Crippen LogP contribution in [0.1, 0.15) is 20.9 Å². The maximum absolute atomic E-state index is 12.9. The molecule has 0 unspecified atom stereocenters. The molecule has 10 heteroatoms. The van der Waals surface area contributed by atoms with Crippen LogP contribution >= 0.6 is 12.2 Å². The van der Waals surface area contributed by atoms with E-state index in [9.17, 15) is 9.59 Å². The number of hydrogen-bond acceptors (Lipinski definition) is 7. The summed E-state index contributed by atoms with van der Waals surface area (Å²) in [6.45, 7) is 2.61. The molecule has 39 heavy (non-hydrogen) atoms. The number of ether oxygens (including phenoxy) is 2. The lowest BCUT2D eigenvalue weighted by Gasteiger charge is -2.35. The highest BCUT2D eigenvalue weighted by Gasteiger charge is 2.24. The van der Waals surface area contributed by atoms with Gasteiger partial charge in [-0.15, -0.1) is 0 Å². The Labute approximate surface area is 231 Å². The number of hydrogen-bond donors (Lipinski definition) is 2. The molecule has 0 saturated carbocycles. The zero-order valence-corrected chi connectivity index (χ0v) is 22.4. The standard InChI is InChI=1S/C29H28N4O5S/c1-36-23-15-20(16-24(18-23)37-2)27(34)31-29(39)30-21-7-9-22(10-8-21)32-11-13-33(14-12-32)28(35)26-17-19-5-3-4-6-25(19)38-26/h3-10,15-18H,11-14H2,1-2H3,(H2,30,31,34,39). The minimum Gasteiger partial charge on any atom is -0.497 e. The number of carbonyl (C=O) groups is 2. The number of nitrogens with one attached hydrogen (secondary N) is 2. The van der Waals surface area contributed by atoms with Crippen LogP contribution in [0.4, 0.5) is 11.4 Å². The molecular weight excluding hydrogens is 516 g/mol. The van der Waals surface area contributed by atoms with Gasteiger partial charge in [0.25, 0.3) is 11.8 Å². The number of amides is 2. The topological polar surface area (TPSA) is 96.3 Å². The van der Waals surface area contributed by atoms with Crippen LogP contribution in [0.5, 0.6) is 11.5 Å². The lowest BCUT2D eigenvalue weighted by atomic mass is 10.2. The number of fused-ring (bicyclic) bond motifs is 1. The minimum atomic E-state index is -0.378. The third kappa shape index (κ3) is 5.96. The van der Waals surface area contributed by atoms with Crippen molar-refractivity contribution in [2.45, 2.75) is 0 Å². The highest BCUT2D eigenvalue weighted by atomic mass is 32.1. The van der Waals surface area contributed by atoms with E-state index in [0.29, 0.717) is 54.6 Å². The molecule has 1 saturated heterocycles. The van der Waals surface area contributed by atoms with Crippen molar-refractivity contribution in [3.8, 4) is 11.5 Å². The second-order valence-electron chi connectivity index (χ2n) is 8.98. The summed E-state index contributed by atoms with van der Waals surface area (Å²) in [7, 11) is 3.04. The molecule has 2 N–H and O–H groups in total. The van der Waals surface area contributed by atoms with Crippen LogP contribution in [-0.4, -0.2) is 62.2 Å². The van der Waals surface area contributed by atoms with Gasteiger partial charge in [0.2, 0.25) is 0 Å². The van der Waals surface area contributed by atoms with Gasteiger partial charge in [0.05, 0.1) is 14.2 Å². The molecule has 2 amide bonds. The van der Waals surface area contributed by atoms with Crippen molar-refractivity contribution < 1.29 is 23.5 Å². The predicted octanol–water partition coefficient (Wildman–Crippen LogP) is 4.54. The third-order valence-electron chi connectivity index (χ3n) is 6.53. The molecule has 4 aromatic rings. The number of rotatable bonds is 6. The van der Waals surface area contributed by atoms with E-state index in [1.807, 2.05) is 53.4 Å². The number of nitrogens with zero attached hydrogens (tertiary/aromatic N) is 2. The molecule has 0 aliphatic carbocycles. The number of carbonyl (C=O) groups excluding carboxylic acids is 2. The van der Waals surface area contributed by atoms with Gasteiger partial charge in [-0.1, -0.05) is 18.2 Å². The highest BCUT2D eigenvalue weighted by Crippen LogP contribution is 2.24. The Bertz CT molecular complexity index is 1450. The summed E-state index contributed by atoms with van der Waals surface area (Å²) < 4.78 is 16.2. The molecule has 3 aromatic carbocycles. The fourth-order valence-corrected chi connectivity index (χ4v) is 4.65. The quantitative estimate of drug-likeness (QED) is 0.342. The largest absolute Gasteiger partial charge is 0.497 e. The lowest BCUT2D eigenvalue weighted by molar-refractivity contribution is 0.0717. The van der Waals surface area contributed by atoms with E-state index < -0.39 is 0 Å². The summed E-state index contributed by atoms with van der Waals surface area (Å²) in [5, 5.41) is 6.81. The summed E-state index contributed by atoms with van der Waals surface area (Å²) in [6, 6.07) is 22.1. The van der Waals surface area contributed by atoms with Gasteiger partial charge in [0.15, 0.2) is 10.9 Å². The molecular formula is C29H28N4O5S. The van der Waals surface area contributed by atoms with E-state index in [1.165, 1.54) is 14.2 Å². The van der Waals surface area contributed by atoms with Crippen molar-refractivity contribution in [1.29, 1.82) is 0 Å². The van der Waals surface area contributed by atoms with Gasteiger partial charge in [-0.2, -0.15) is 0 Å². The SMILES string of the molecule is COc1cc(OC)cc(C(=O)NC(=S)Nc2ccc(N3CCN(C(=O)c4cc5ccccc5o4)CC3)cc2)c1. The van der Waals surface area contributed by atoms with Crippen LogP contribution < -0.4 is 25.0 Å². The molecule has 1 aromatic heterocycles. The van der Waals surface area contributed by atoms with Crippen molar-refractivity contribution in [3.63, 3.8) is 0 Å². The first kappa shape index (κ1) is 26.1. The average Bonchev–Trinajstić information content (AvgIpc) is 3.41. The molecule has 0 radical (unpaired) electrons. The van der Waals surface area contributed by atoms with E-state index in [1.54, 1.807) is 24.3 Å². The maximum Gasteiger partial charge on any atom is 0.289 e. The fraction of sp³-hybridized carbons (Fsp3) is 0.207. The molecule has 0 spiro atoms. The third-order valence-corrected chi connectivity index (χ3v) is 6.74. The van der Waals surface area contributed by atoms with Crippen molar-refractivity contribution in [2.75, 3.05) is 50.6 Å². The first-order valence-electron chi connectivity index (χ1n) is 12.4. The number of piperazine rings is 1. The van der Waals surface area contributed by atoms with Crippen LogP contribution in [0.2, 0.25) is 0 Å². The Morgan fingerprint density at radius 3 is 2.18 bits per heavy atom. The van der Waals surface area contributed by atoms with E-state index in [-0.39, 0.29) is 16.9 Å². The Hall–Kier alpha value is -4.57. The van der Waals surface area contributed by atoms with Crippen LogP contribution in [0.3, 0.4) is 0 Å². The van der Waals surface area contributed by atoms with E-state index >= 15 is 0 Å². The molecule has 1 fully saturated rings. The van der Waals surface area contributed by atoms with Crippen molar-refractivity contribution in [1.82, 2.24) is 10.2 Å². The molecule has 5 rings (SSSR count). The lowest BCUT2D eigenvalue weighted by Crippen LogP contribution is -2.48. The molecule has 200 valence electrons. The van der Waals surface area contributed by atoms with Gasteiger partial charge in [-0.3, -0.25) is 14.9 Å². The number of benzene rings is 3. The Morgan fingerprint density at radius 2 is 1.54 bits per heavy atom. The van der Waals surface area contributed by atoms with E-state index in [2.05, 4.69) is 15.5 Å². The van der Waals surface area contributed by atoms with Crippen LogP contribution in [0, 0.1) is 0 Å². The summed E-state index contributed by atoms with van der Waals surface area (Å²) in [5.41, 5.74) is 2.86. The molecule has 0 bridgehead atoms. The van der Waals surface area contributed by atoms with Crippen molar-refractivity contribution in [3.05, 3.63) is 84.1 Å². The predicted molar refractivity (Wildman–Crippen MR) is 154 cm³/mol. The van der Waals surface area contributed by atoms with Crippen LogP contribution in [0.15, 0.2) is 77.2 Å². The summed E-state index contributed by atoms with van der Waals surface area (Å²) >= 11 is 5.33. The number of thiocarbonyl (C=S) groups is 1. The van der Waals surface area contributed by atoms with Gasteiger partial charge in [0.1, 0.15) is 17.1 Å². The first-order chi connectivity index (χ1) is 18.9. The summed E-state index contributed by atoms with van der Waals surface area (Å²) in [4.78, 5) is 29.7. The minimum absolute atomic E-state index is 0.0895. The maximum atomic E-state index is 12.9. The molecule has 9 nitrogen and oxygen atoms in total. The van der Waals surface area contributed by atoms with Crippen molar-refractivity contribution in [2.24, 2.45) is 0 Å². The van der Waals surface area contributed by atoms with Gasteiger partial charge in [-0.05, 0) is 60.7 Å². The van der Waals surface area contributed by atoms with Gasteiger partial charge in [-0.25, -0.2) is 0 Å². The average molecular weight is 545 g/mol. The normalized spacial score (nSPS) is 13.2. The highest BCUT2D eigenvalue weighted by molar-refractivity contribution is 7.80. The second kappa shape index (κ2) is 11.4. The van der Waals surface area contributed by atoms with E-state index in [0.717, 1.165) is 16.8 Å². The van der Waals surface area contributed by atoms with Crippen LogP contribution in [0.25, 0.3) is 11.0 Å². The van der Waals surface area contributed by atoms with Gasteiger partial charge >= 0.3 is 0 Å². The Morgan fingerprint density at radius 1 is 0.872 bits per heavy atom.